The van der Waals surface area contributed by atoms with E-state index in [1.165, 1.54) is 40.1 Å². The molecular formula is C13H12N4O3S4. The van der Waals surface area contributed by atoms with Crippen LogP contribution in [0.1, 0.15) is 11.9 Å². The van der Waals surface area contributed by atoms with Crippen molar-refractivity contribution in [1.29, 1.82) is 0 Å². The highest BCUT2D eigenvalue weighted by Gasteiger charge is 2.28. The molecule has 1 saturated heterocycles. The van der Waals surface area contributed by atoms with E-state index in [1.807, 2.05) is 6.92 Å². The van der Waals surface area contributed by atoms with E-state index in [-0.39, 0.29) is 15.9 Å². The van der Waals surface area contributed by atoms with Gasteiger partial charge in [-0.15, -0.1) is 10.2 Å². The van der Waals surface area contributed by atoms with Crippen molar-refractivity contribution in [1.82, 2.24) is 10.2 Å². The molecule has 2 heterocycles. The van der Waals surface area contributed by atoms with Gasteiger partial charge in [0, 0.05) is 0 Å². The van der Waals surface area contributed by atoms with Crippen molar-refractivity contribution in [3.63, 3.8) is 0 Å². The van der Waals surface area contributed by atoms with Crippen molar-refractivity contribution >= 4 is 66.4 Å². The predicted octanol–water partition coefficient (Wildman–Crippen LogP) is 2.27. The van der Waals surface area contributed by atoms with Crippen molar-refractivity contribution in [3.8, 4) is 0 Å². The van der Waals surface area contributed by atoms with Crippen LogP contribution < -0.4 is 9.62 Å². The minimum Gasteiger partial charge on any atom is -0.273 e. The van der Waals surface area contributed by atoms with Crippen molar-refractivity contribution < 1.29 is 13.2 Å². The maximum absolute atomic E-state index is 12.4. The van der Waals surface area contributed by atoms with Gasteiger partial charge in [-0.3, -0.25) is 14.4 Å². The van der Waals surface area contributed by atoms with Gasteiger partial charge in [0.2, 0.25) is 11.0 Å². The first kappa shape index (κ1) is 17.3. The molecule has 0 spiro atoms. The number of rotatable bonds is 5. The summed E-state index contributed by atoms with van der Waals surface area (Å²) >= 11 is 7.61. The molecule has 126 valence electrons. The molecule has 0 atom stereocenters. The lowest BCUT2D eigenvalue weighted by Crippen LogP contribution is -2.27. The quantitative estimate of drug-likeness (QED) is 0.770. The third-order valence-corrected chi connectivity index (χ3v) is 6.97. The summed E-state index contributed by atoms with van der Waals surface area (Å²) in [5.41, 5.74) is 0.554. The minimum atomic E-state index is -3.76. The van der Waals surface area contributed by atoms with E-state index >= 15 is 0 Å². The molecule has 0 bridgehead atoms. The third-order valence-electron chi connectivity index (χ3n) is 3.15. The lowest BCUT2D eigenvalue weighted by Gasteiger charge is -2.15. The molecule has 0 saturated carbocycles. The second kappa shape index (κ2) is 6.75. The summed E-state index contributed by atoms with van der Waals surface area (Å²) in [4.78, 5) is 13.3. The molecule has 11 heteroatoms. The lowest BCUT2D eigenvalue weighted by atomic mass is 10.3. The van der Waals surface area contributed by atoms with Gasteiger partial charge >= 0.3 is 0 Å². The summed E-state index contributed by atoms with van der Waals surface area (Å²) in [6.07, 6.45) is 0.690. The highest BCUT2D eigenvalue weighted by molar-refractivity contribution is 8.24. The van der Waals surface area contributed by atoms with Crippen molar-refractivity contribution in [2.45, 2.75) is 18.2 Å². The number of aromatic nitrogens is 2. The molecule has 0 unspecified atom stereocenters. The van der Waals surface area contributed by atoms with E-state index in [9.17, 15) is 13.2 Å². The second-order valence-electron chi connectivity index (χ2n) is 4.74. The number of anilines is 2. The molecular weight excluding hydrogens is 388 g/mol. The van der Waals surface area contributed by atoms with Gasteiger partial charge in [-0.05, 0) is 30.7 Å². The summed E-state index contributed by atoms with van der Waals surface area (Å²) in [5.74, 6) is 0.191. The van der Waals surface area contributed by atoms with Crippen LogP contribution in [0.2, 0.25) is 0 Å². The summed E-state index contributed by atoms with van der Waals surface area (Å²) in [5, 5.41) is 8.66. The molecule has 1 aromatic heterocycles. The number of hydrogen-bond acceptors (Lipinski definition) is 8. The Morgan fingerprint density at radius 2 is 2.00 bits per heavy atom. The van der Waals surface area contributed by atoms with Crippen LogP contribution in [0.4, 0.5) is 10.8 Å². The average Bonchev–Trinajstić information content (AvgIpc) is 3.13. The van der Waals surface area contributed by atoms with Crippen LogP contribution in [0.3, 0.4) is 0 Å². The highest BCUT2D eigenvalue weighted by Crippen LogP contribution is 2.28. The van der Waals surface area contributed by atoms with E-state index in [0.29, 0.717) is 22.2 Å². The molecule has 7 nitrogen and oxygen atoms in total. The predicted molar refractivity (Wildman–Crippen MR) is 99.1 cm³/mol. The van der Waals surface area contributed by atoms with E-state index in [4.69, 9.17) is 12.2 Å². The average molecular weight is 401 g/mol. The smallest absolute Gasteiger partial charge is 0.263 e. The first-order valence-electron chi connectivity index (χ1n) is 6.85. The van der Waals surface area contributed by atoms with Gasteiger partial charge < -0.3 is 0 Å². The van der Waals surface area contributed by atoms with Crippen LogP contribution in [0.15, 0.2) is 29.2 Å². The van der Waals surface area contributed by atoms with Crippen molar-refractivity contribution in [2.75, 3.05) is 15.4 Å². The molecule has 1 aromatic carbocycles. The minimum absolute atomic E-state index is 0.0738. The van der Waals surface area contributed by atoms with Gasteiger partial charge in [0.15, 0.2) is 0 Å². The van der Waals surface area contributed by atoms with Gasteiger partial charge in [0.1, 0.15) is 9.33 Å². The van der Waals surface area contributed by atoms with Gasteiger partial charge in [-0.25, -0.2) is 8.42 Å². The Hall–Kier alpha value is -1.56. The number of nitrogens with zero attached hydrogens (tertiary/aromatic N) is 3. The zero-order valence-corrected chi connectivity index (χ0v) is 15.7. The number of amides is 1. The van der Waals surface area contributed by atoms with Crippen LogP contribution in [0.5, 0.6) is 0 Å². The number of benzene rings is 1. The zero-order valence-electron chi connectivity index (χ0n) is 12.4. The molecule has 1 aliphatic heterocycles. The summed E-state index contributed by atoms with van der Waals surface area (Å²) in [7, 11) is -3.76. The normalized spacial score (nSPS) is 15.1. The zero-order chi connectivity index (χ0) is 17.3. The molecule has 3 rings (SSSR count). The molecule has 0 radical (unpaired) electrons. The fourth-order valence-electron chi connectivity index (χ4n) is 1.99. The van der Waals surface area contributed by atoms with Gasteiger partial charge in [0.05, 0.1) is 16.3 Å². The van der Waals surface area contributed by atoms with E-state index in [0.717, 1.165) is 5.01 Å². The Morgan fingerprint density at radius 3 is 2.54 bits per heavy atom. The van der Waals surface area contributed by atoms with Gasteiger partial charge in [-0.2, -0.15) is 0 Å². The molecule has 24 heavy (non-hydrogen) atoms. The number of aryl methyl sites for hydroxylation is 1. The SMILES string of the molecule is CCc1nnc(NS(=O)(=O)c2ccc(N3C(=O)CSC3=S)cc2)s1. The summed E-state index contributed by atoms with van der Waals surface area (Å²) < 4.78 is 27.6. The number of thiocarbonyl (C=S) groups is 1. The van der Waals surface area contributed by atoms with Crippen LogP contribution >= 0.6 is 35.3 Å². The maximum atomic E-state index is 12.4. The number of hydrogen-bond donors (Lipinski definition) is 1. The van der Waals surface area contributed by atoms with Crippen LogP contribution in [0.25, 0.3) is 0 Å². The Bertz CT molecular complexity index is 876. The standard InChI is InChI=1S/C13H12N4O3S4/c1-2-10-14-15-12(23-10)16-24(19,20)9-5-3-8(4-6-9)17-11(18)7-22-13(17)21/h3-6H,2,7H2,1H3,(H,15,16). The number of sulfonamides is 1. The van der Waals surface area contributed by atoms with E-state index in [2.05, 4.69) is 14.9 Å². The molecule has 1 amide bonds. The number of nitrogens with one attached hydrogen (secondary N) is 1. The van der Waals surface area contributed by atoms with Crippen LogP contribution in [-0.4, -0.2) is 34.6 Å². The van der Waals surface area contributed by atoms with Gasteiger partial charge in [-0.1, -0.05) is 42.2 Å². The first-order valence-corrected chi connectivity index (χ1v) is 10.5. The van der Waals surface area contributed by atoms with Gasteiger partial charge in [0.25, 0.3) is 10.0 Å². The summed E-state index contributed by atoms with van der Waals surface area (Å²) in [6.45, 7) is 1.92. The number of carbonyl (C=O) groups excluding carboxylic acids is 1. The van der Waals surface area contributed by atoms with Crippen LogP contribution in [-0.2, 0) is 21.2 Å². The Labute approximate surface area is 152 Å². The third kappa shape index (κ3) is 3.43. The van der Waals surface area contributed by atoms with E-state index in [1.54, 1.807) is 12.1 Å². The largest absolute Gasteiger partial charge is 0.273 e. The number of thioether (sulfide) groups is 1. The van der Waals surface area contributed by atoms with E-state index < -0.39 is 10.0 Å². The molecule has 1 aliphatic rings. The number of carbonyl (C=O) groups is 1. The molecule has 2 aromatic rings. The first-order chi connectivity index (χ1) is 11.4. The topological polar surface area (TPSA) is 92.3 Å². The van der Waals surface area contributed by atoms with Crippen LogP contribution in [0, 0.1) is 0 Å². The fourth-order valence-corrected chi connectivity index (χ4v) is 5.00. The Morgan fingerprint density at radius 1 is 1.29 bits per heavy atom. The van der Waals surface area contributed by atoms with Crippen molar-refractivity contribution in [2.24, 2.45) is 0 Å². The molecule has 1 fully saturated rings. The maximum Gasteiger partial charge on any atom is 0.263 e. The Balaban J connectivity index is 1.81. The summed E-state index contributed by atoms with van der Waals surface area (Å²) in [6, 6.07) is 5.97. The van der Waals surface area contributed by atoms with Crippen molar-refractivity contribution in [3.05, 3.63) is 29.3 Å². The fraction of sp³-hybridized carbons (Fsp3) is 0.231. The monoisotopic (exact) mass is 400 g/mol. The second-order valence-corrected chi connectivity index (χ2v) is 9.09. The molecule has 1 N–H and O–H groups in total. The lowest BCUT2D eigenvalue weighted by molar-refractivity contribution is -0.115. The Kier molecular flexibility index (Phi) is 4.85. The molecule has 0 aliphatic carbocycles. The highest BCUT2D eigenvalue weighted by atomic mass is 32.2.